The predicted molar refractivity (Wildman–Crippen MR) is 105 cm³/mol. The van der Waals surface area contributed by atoms with Gasteiger partial charge in [-0.25, -0.2) is 0 Å². The van der Waals surface area contributed by atoms with E-state index in [4.69, 9.17) is 33.2 Å². The number of rotatable bonds is 24. The Hall–Kier alpha value is -0.700. The van der Waals surface area contributed by atoms with Crippen LogP contribution in [0.2, 0.25) is 0 Å². The van der Waals surface area contributed by atoms with E-state index in [1.165, 1.54) is 25.5 Å². The summed E-state index contributed by atoms with van der Waals surface area (Å²) < 4.78 is 37.4. The molecule has 0 aliphatic carbocycles. The largest absolute Gasteiger partial charge is 0.499 e. The van der Waals surface area contributed by atoms with Gasteiger partial charge < -0.3 is 33.2 Å². The zero-order chi connectivity index (χ0) is 19.7. The SMILES string of the molecule is C=COCCOCCOCCOCCOCCOCCOCCCCCC. The average Bonchev–Trinajstić information content (AvgIpc) is 2.68. The number of hydrogen-bond donors (Lipinski definition) is 0. The van der Waals surface area contributed by atoms with Crippen molar-refractivity contribution in [2.24, 2.45) is 0 Å². The second kappa shape index (κ2) is 25.3. The molecule has 0 atom stereocenters. The maximum Gasteiger partial charge on any atom is 0.111 e. The highest BCUT2D eigenvalue weighted by Crippen LogP contribution is 1.98. The Balaban J connectivity index is 2.96. The minimum absolute atomic E-state index is 0.518. The molecule has 0 fully saturated rings. The molecular formula is C20H40O7. The first-order valence-electron chi connectivity index (χ1n) is 10.1. The first kappa shape index (κ1) is 26.3. The summed E-state index contributed by atoms with van der Waals surface area (Å²) in [5.74, 6) is 0. The van der Waals surface area contributed by atoms with Gasteiger partial charge in [0.05, 0.1) is 78.9 Å². The Morgan fingerprint density at radius 2 is 0.852 bits per heavy atom. The Morgan fingerprint density at radius 1 is 0.481 bits per heavy atom. The van der Waals surface area contributed by atoms with Gasteiger partial charge in [0.25, 0.3) is 0 Å². The monoisotopic (exact) mass is 392 g/mol. The van der Waals surface area contributed by atoms with E-state index in [1.54, 1.807) is 0 Å². The fourth-order valence-corrected chi connectivity index (χ4v) is 2.02. The van der Waals surface area contributed by atoms with E-state index in [-0.39, 0.29) is 0 Å². The lowest BCUT2D eigenvalue weighted by Crippen LogP contribution is -2.14. The average molecular weight is 393 g/mol. The first-order chi connectivity index (χ1) is 13.4. The van der Waals surface area contributed by atoms with Gasteiger partial charge in [-0.05, 0) is 6.42 Å². The van der Waals surface area contributed by atoms with Crippen LogP contribution >= 0.6 is 0 Å². The summed E-state index contributed by atoms with van der Waals surface area (Å²) in [6.45, 7) is 13.3. The molecule has 0 aromatic carbocycles. The van der Waals surface area contributed by atoms with Crippen LogP contribution in [-0.2, 0) is 33.2 Å². The van der Waals surface area contributed by atoms with Gasteiger partial charge in [-0.15, -0.1) is 0 Å². The molecule has 0 spiro atoms. The molecule has 0 aliphatic heterocycles. The fraction of sp³-hybridized carbons (Fsp3) is 0.900. The lowest BCUT2D eigenvalue weighted by Gasteiger charge is -2.08. The van der Waals surface area contributed by atoms with Crippen molar-refractivity contribution in [3.63, 3.8) is 0 Å². The summed E-state index contributed by atoms with van der Waals surface area (Å²) in [6.07, 6.45) is 6.34. The molecule has 0 aliphatic rings. The predicted octanol–water partition coefficient (Wildman–Crippen LogP) is 2.83. The van der Waals surface area contributed by atoms with E-state index < -0.39 is 0 Å². The number of hydrogen-bond acceptors (Lipinski definition) is 7. The van der Waals surface area contributed by atoms with E-state index in [2.05, 4.69) is 13.5 Å². The van der Waals surface area contributed by atoms with Crippen LogP contribution in [0, 0.1) is 0 Å². The Morgan fingerprint density at radius 3 is 1.22 bits per heavy atom. The van der Waals surface area contributed by atoms with Crippen LogP contribution in [0.5, 0.6) is 0 Å². The summed E-state index contributed by atoms with van der Waals surface area (Å²) in [5, 5.41) is 0. The molecule has 0 unspecified atom stereocenters. The molecule has 0 saturated heterocycles. The smallest absolute Gasteiger partial charge is 0.111 e. The van der Waals surface area contributed by atoms with Crippen molar-refractivity contribution in [3.8, 4) is 0 Å². The number of unbranched alkanes of at least 4 members (excludes halogenated alkanes) is 3. The van der Waals surface area contributed by atoms with Gasteiger partial charge in [-0.1, -0.05) is 32.8 Å². The standard InChI is InChI=1S/C20H40O7/c1-3-5-6-7-8-22-11-12-24-15-16-26-19-20-27-18-17-25-14-13-23-10-9-21-4-2/h4H,2-3,5-20H2,1H3. The summed E-state index contributed by atoms with van der Waals surface area (Å²) in [5.41, 5.74) is 0. The first-order valence-corrected chi connectivity index (χ1v) is 10.1. The molecule has 0 N–H and O–H groups in total. The van der Waals surface area contributed by atoms with E-state index in [0.29, 0.717) is 79.3 Å². The molecular weight excluding hydrogens is 352 g/mol. The lowest BCUT2D eigenvalue weighted by molar-refractivity contribution is -0.0185. The van der Waals surface area contributed by atoms with E-state index in [0.717, 1.165) is 13.0 Å². The molecule has 0 aromatic heterocycles. The molecule has 162 valence electrons. The third kappa shape index (κ3) is 25.3. The van der Waals surface area contributed by atoms with Crippen molar-refractivity contribution in [1.29, 1.82) is 0 Å². The van der Waals surface area contributed by atoms with Crippen molar-refractivity contribution in [2.45, 2.75) is 32.6 Å². The molecule has 27 heavy (non-hydrogen) atoms. The molecule has 7 nitrogen and oxygen atoms in total. The van der Waals surface area contributed by atoms with Gasteiger partial charge >= 0.3 is 0 Å². The van der Waals surface area contributed by atoms with E-state index in [9.17, 15) is 0 Å². The van der Waals surface area contributed by atoms with Gasteiger partial charge in [0.15, 0.2) is 0 Å². The second-order valence-corrected chi connectivity index (χ2v) is 5.77. The van der Waals surface area contributed by atoms with Crippen LogP contribution in [0.1, 0.15) is 32.6 Å². The quantitative estimate of drug-likeness (QED) is 0.185. The topological polar surface area (TPSA) is 64.6 Å². The summed E-state index contributed by atoms with van der Waals surface area (Å²) in [6, 6.07) is 0. The van der Waals surface area contributed by atoms with Gasteiger partial charge in [-0.2, -0.15) is 0 Å². The zero-order valence-corrected chi connectivity index (χ0v) is 17.2. The van der Waals surface area contributed by atoms with Crippen LogP contribution in [0.15, 0.2) is 12.8 Å². The lowest BCUT2D eigenvalue weighted by atomic mass is 10.2. The van der Waals surface area contributed by atoms with E-state index in [1.807, 2.05) is 0 Å². The Kier molecular flexibility index (Phi) is 24.6. The zero-order valence-electron chi connectivity index (χ0n) is 17.2. The van der Waals surface area contributed by atoms with Crippen LogP contribution < -0.4 is 0 Å². The third-order valence-corrected chi connectivity index (χ3v) is 3.47. The Bertz CT molecular complexity index is 277. The van der Waals surface area contributed by atoms with Gasteiger partial charge in [0, 0.05) is 6.61 Å². The third-order valence-electron chi connectivity index (χ3n) is 3.47. The molecule has 0 saturated carbocycles. The second-order valence-electron chi connectivity index (χ2n) is 5.77. The van der Waals surface area contributed by atoms with Crippen LogP contribution in [0.4, 0.5) is 0 Å². The highest BCUT2D eigenvalue weighted by atomic mass is 16.6. The minimum atomic E-state index is 0.518. The highest BCUT2D eigenvalue weighted by molar-refractivity contribution is 4.47. The molecule has 7 heteroatoms. The van der Waals surface area contributed by atoms with Crippen LogP contribution in [0.3, 0.4) is 0 Å². The van der Waals surface area contributed by atoms with Crippen molar-refractivity contribution in [3.05, 3.63) is 12.8 Å². The minimum Gasteiger partial charge on any atom is -0.499 e. The van der Waals surface area contributed by atoms with Crippen molar-refractivity contribution in [1.82, 2.24) is 0 Å². The van der Waals surface area contributed by atoms with Crippen molar-refractivity contribution >= 4 is 0 Å². The summed E-state index contributed by atoms with van der Waals surface area (Å²) >= 11 is 0. The summed E-state index contributed by atoms with van der Waals surface area (Å²) in [7, 11) is 0. The molecule has 0 aromatic rings. The Labute approximate surface area is 165 Å². The molecule has 0 bridgehead atoms. The maximum atomic E-state index is 5.49. The normalized spacial score (nSPS) is 11.0. The molecule has 0 rings (SSSR count). The van der Waals surface area contributed by atoms with E-state index >= 15 is 0 Å². The fourth-order valence-electron chi connectivity index (χ4n) is 2.02. The highest BCUT2D eigenvalue weighted by Gasteiger charge is 1.94. The molecule has 0 radical (unpaired) electrons. The van der Waals surface area contributed by atoms with Gasteiger partial charge in [0.2, 0.25) is 0 Å². The van der Waals surface area contributed by atoms with Crippen molar-refractivity contribution < 1.29 is 33.2 Å². The van der Waals surface area contributed by atoms with Gasteiger partial charge in [-0.3, -0.25) is 0 Å². The molecule has 0 amide bonds. The number of ether oxygens (including phenoxy) is 7. The molecule has 0 heterocycles. The van der Waals surface area contributed by atoms with Gasteiger partial charge in [0.1, 0.15) is 6.61 Å². The maximum absolute atomic E-state index is 5.49. The van der Waals surface area contributed by atoms with Crippen LogP contribution in [-0.4, -0.2) is 85.9 Å². The summed E-state index contributed by atoms with van der Waals surface area (Å²) in [4.78, 5) is 0. The van der Waals surface area contributed by atoms with Crippen LogP contribution in [0.25, 0.3) is 0 Å². The van der Waals surface area contributed by atoms with Crippen molar-refractivity contribution in [2.75, 3.05) is 85.9 Å².